The van der Waals surface area contributed by atoms with Crippen LogP contribution in [0.1, 0.15) is 36.2 Å². The number of hydrogen-bond acceptors (Lipinski definition) is 6. The third-order valence-electron chi connectivity index (χ3n) is 4.97. The maximum atomic E-state index is 12.8. The Morgan fingerprint density at radius 3 is 2.88 bits per heavy atom. The average molecular weight is 363 g/mol. The average Bonchev–Trinajstić information content (AvgIpc) is 3.18. The molecule has 2 atom stereocenters. The van der Waals surface area contributed by atoms with Crippen LogP contribution in [0.4, 0.5) is 0 Å². The van der Waals surface area contributed by atoms with Crippen molar-refractivity contribution >= 4 is 28.6 Å². The summed E-state index contributed by atoms with van der Waals surface area (Å²) in [4.78, 5) is 26.4. The smallest absolute Gasteiger partial charge is 0.227 e. The van der Waals surface area contributed by atoms with Crippen LogP contribution in [-0.2, 0) is 24.3 Å². The van der Waals surface area contributed by atoms with Crippen molar-refractivity contribution in [3.63, 3.8) is 0 Å². The number of amides is 1. The molecule has 5 heterocycles. The number of fused-ring (bicyclic) bond motifs is 4. The molecule has 7 heteroatoms. The second-order valence-corrected chi connectivity index (χ2v) is 8.32. The molecule has 1 amide bonds. The first-order valence-electron chi connectivity index (χ1n) is 8.56. The van der Waals surface area contributed by atoms with Gasteiger partial charge in [0.1, 0.15) is 0 Å². The maximum absolute atomic E-state index is 12.8. The van der Waals surface area contributed by atoms with Crippen LogP contribution in [0, 0.1) is 5.92 Å². The van der Waals surface area contributed by atoms with Gasteiger partial charge in [0.15, 0.2) is 0 Å². The Balaban J connectivity index is 1.48. The van der Waals surface area contributed by atoms with Gasteiger partial charge in [-0.1, -0.05) is 6.92 Å². The number of hydrogen-bond donors (Lipinski definition) is 0. The Morgan fingerprint density at radius 1 is 1.21 bits per heavy atom. The number of thiazole rings is 2. The molecule has 0 radical (unpaired) electrons. The second-order valence-electron chi connectivity index (χ2n) is 6.65. The summed E-state index contributed by atoms with van der Waals surface area (Å²) in [5, 5.41) is 5.41. The molecule has 0 spiro atoms. The number of aryl methyl sites for hydroxylation is 1. The van der Waals surface area contributed by atoms with Crippen molar-refractivity contribution in [3.05, 3.63) is 32.7 Å². The van der Waals surface area contributed by atoms with E-state index in [-0.39, 0.29) is 5.92 Å². The lowest BCUT2D eigenvalue weighted by molar-refractivity contribution is -0.140. The Labute approximate surface area is 150 Å². The van der Waals surface area contributed by atoms with Gasteiger partial charge < -0.3 is 4.90 Å². The number of carbonyl (C=O) groups is 1. The minimum Gasteiger partial charge on any atom is -0.332 e. The van der Waals surface area contributed by atoms with Gasteiger partial charge in [-0.3, -0.25) is 9.69 Å². The minimum atomic E-state index is 0.131. The zero-order valence-corrected chi connectivity index (χ0v) is 15.5. The molecular weight excluding hydrogens is 340 g/mol. The first-order chi connectivity index (χ1) is 11.7. The van der Waals surface area contributed by atoms with Crippen molar-refractivity contribution in [2.24, 2.45) is 5.92 Å². The molecule has 2 aromatic heterocycles. The van der Waals surface area contributed by atoms with Gasteiger partial charge in [0.25, 0.3) is 0 Å². The summed E-state index contributed by atoms with van der Waals surface area (Å²) in [7, 11) is 0. The van der Waals surface area contributed by atoms with Gasteiger partial charge in [-0.15, -0.1) is 22.7 Å². The lowest BCUT2D eigenvalue weighted by Crippen LogP contribution is -2.47. The van der Waals surface area contributed by atoms with Crippen LogP contribution in [0.25, 0.3) is 0 Å². The molecular formula is C17H22N4OS2. The largest absolute Gasteiger partial charge is 0.332 e. The summed E-state index contributed by atoms with van der Waals surface area (Å²) in [6.07, 6.45) is 3.12. The van der Waals surface area contributed by atoms with Crippen molar-refractivity contribution in [1.82, 2.24) is 19.8 Å². The first kappa shape index (κ1) is 16.2. The zero-order chi connectivity index (χ0) is 16.5. The van der Waals surface area contributed by atoms with E-state index in [1.807, 2.05) is 10.9 Å². The van der Waals surface area contributed by atoms with Gasteiger partial charge in [-0.2, -0.15) is 0 Å². The molecule has 0 N–H and O–H groups in total. The topological polar surface area (TPSA) is 49.3 Å². The number of rotatable bonds is 5. The Hall–Kier alpha value is -1.31. The number of aromatic nitrogens is 2. The van der Waals surface area contributed by atoms with Gasteiger partial charge in [-0.05, 0) is 19.3 Å². The van der Waals surface area contributed by atoms with Crippen LogP contribution in [0.3, 0.4) is 0 Å². The molecule has 5 rings (SSSR count). The predicted molar refractivity (Wildman–Crippen MR) is 95.9 cm³/mol. The van der Waals surface area contributed by atoms with Crippen LogP contribution in [-0.4, -0.2) is 44.8 Å². The van der Waals surface area contributed by atoms with E-state index in [9.17, 15) is 4.79 Å². The third-order valence-corrected chi connectivity index (χ3v) is 6.65. The molecule has 3 saturated heterocycles. The van der Waals surface area contributed by atoms with Gasteiger partial charge in [0, 0.05) is 36.4 Å². The summed E-state index contributed by atoms with van der Waals surface area (Å²) in [6, 6.07) is 0.308. The second kappa shape index (κ2) is 6.90. The maximum Gasteiger partial charge on any atom is 0.227 e. The van der Waals surface area contributed by atoms with Gasteiger partial charge in [0.2, 0.25) is 5.91 Å². The van der Waals surface area contributed by atoms with Crippen molar-refractivity contribution < 1.29 is 4.79 Å². The van der Waals surface area contributed by atoms with Crippen molar-refractivity contribution in [2.75, 3.05) is 13.1 Å². The molecule has 0 unspecified atom stereocenters. The molecule has 2 aromatic rings. The van der Waals surface area contributed by atoms with Gasteiger partial charge >= 0.3 is 0 Å². The summed E-state index contributed by atoms with van der Waals surface area (Å²) in [6.45, 7) is 5.48. The molecule has 5 nitrogen and oxygen atoms in total. The highest BCUT2D eigenvalue weighted by atomic mass is 32.1. The lowest BCUT2D eigenvalue weighted by atomic mass is 9.94. The summed E-state index contributed by atoms with van der Waals surface area (Å²) in [5.74, 6) is 0.445. The summed E-state index contributed by atoms with van der Waals surface area (Å²) in [5.41, 5.74) is 4.01. The molecule has 0 aromatic carbocycles. The normalized spacial score (nSPS) is 24.5. The van der Waals surface area contributed by atoms with E-state index in [0.717, 1.165) is 50.3 Å². The third kappa shape index (κ3) is 3.25. The Bertz CT molecular complexity index is 699. The number of nitrogens with zero attached hydrogens (tertiary/aromatic N) is 4. The molecule has 3 fully saturated rings. The van der Waals surface area contributed by atoms with E-state index in [1.54, 1.807) is 22.7 Å². The predicted octanol–water partition coefficient (Wildman–Crippen LogP) is 2.79. The Kier molecular flexibility index (Phi) is 4.65. The highest BCUT2D eigenvalue weighted by molar-refractivity contribution is 7.09. The van der Waals surface area contributed by atoms with Crippen molar-refractivity contribution in [3.8, 4) is 0 Å². The Morgan fingerprint density at radius 2 is 2.12 bits per heavy atom. The van der Waals surface area contributed by atoms with Gasteiger partial charge in [0.05, 0.1) is 34.4 Å². The van der Waals surface area contributed by atoms with Crippen molar-refractivity contribution in [2.45, 2.75) is 45.3 Å². The highest BCUT2D eigenvalue weighted by Crippen LogP contribution is 2.31. The van der Waals surface area contributed by atoms with Crippen molar-refractivity contribution in [1.29, 1.82) is 0 Å². The van der Waals surface area contributed by atoms with Gasteiger partial charge in [-0.25, -0.2) is 9.97 Å². The molecule has 2 bridgehead atoms. The molecule has 0 aliphatic carbocycles. The number of carbonyl (C=O) groups excluding carboxylic acids is 1. The van der Waals surface area contributed by atoms with Crippen LogP contribution in [0.15, 0.2) is 16.3 Å². The quantitative estimate of drug-likeness (QED) is 0.821. The lowest BCUT2D eigenvalue weighted by Gasteiger charge is -2.35. The molecule has 0 saturated carbocycles. The molecule has 3 aliphatic heterocycles. The highest BCUT2D eigenvalue weighted by Gasteiger charge is 2.40. The van der Waals surface area contributed by atoms with E-state index < -0.39 is 0 Å². The van der Waals surface area contributed by atoms with E-state index >= 15 is 0 Å². The number of piperidine rings is 1. The van der Waals surface area contributed by atoms with Crippen LogP contribution in [0.5, 0.6) is 0 Å². The fraction of sp³-hybridized carbons (Fsp3) is 0.588. The standard InChI is InChI=1S/C17H22N4OS2/c1-2-16-19-14(10-24-16)6-20-5-12-3-4-15(8-20)21(17(12)22)7-13-9-23-11-18-13/h9-12,15H,2-8H2,1H3/t12-,15+/m0/s1. The fourth-order valence-electron chi connectivity index (χ4n) is 3.77. The minimum absolute atomic E-state index is 0.131. The van der Waals surface area contributed by atoms with E-state index in [0.29, 0.717) is 18.5 Å². The summed E-state index contributed by atoms with van der Waals surface area (Å²) >= 11 is 3.34. The van der Waals surface area contributed by atoms with Crippen LogP contribution in [0.2, 0.25) is 0 Å². The molecule has 3 aliphatic rings. The fourth-order valence-corrected chi connectivity index (χ4v) is 5.06. The molecule has 24 heavy (non-hydrogen) atoms. The van der Waals surface area contributed by atoms with Crippen LogP contribution < -0.4 is 0 Å². The zero-order valence-electron chi connectivity index (χ0n) is 13.9. The summed E-state index contributed by atoms with van der Waals surface area (Å²) < 4.78 is 0. The SMILES string of the molecule is CCc1nc(CN2C[C@@H]3CC[C@H](C2)N(Cc2cscn2)C3=O)cs1. The first-order valence-corrected chi connectivity index (χ1v) is 10.4. The van der Waals surface area contributed by atoms with Crippen LogP contribution >= 0.6 is 22.7 Å². The van der Waals surface area contributed by atoms with E-state index in [1.165, 1.54) is 5.01 Å². The molecule has 128 valence electrons. The van der Waals surface area contributed by atoms with E-state index in [2.05, 4.69) is 27.1 Å². The van der Waals surface area contributed by atoms with E-state index in [4.69, 9.17) is 4.98 Å². The monoisotopic (exact) mass is 362 g/mol.